The number of esters is 2. The number of nitrogens with zero attached hydrogens (tertiary/aromatic N) is 5. The first kappa shape index (κ1) is 52.1. The second kappa shape index (κ2) is 29.0. The Kier molecular flexibility index (Phi) is 22.8. The number of carbonyl (C=O) groups is 3. The molecule has 0 aliphatic carbocycles. The minimum absolute atomic E-state index is 0. The van der Waals surface area contributed by atoms with Gasteiger partial charge in [-0.1, -0.05) is 79.2 Å². The van der Waals surface area contributed by atoms with E-state index < -0.39 is 0 Å². The summed E-state index contributed by atoms with van der Waals surface area (Å²) in [6, 6.07) is 28.0. The summed E-state index contributed by atoms with van der Waals surface area (Å²) >= 11 is 0. The van der Waals surface area contributed by atoms with Crippen molar-refractivity contribution in [3.63, 3.8) is 0 Å². The number of ether oxygens (including phenoxy) is 2. The van der Waals surface area contributed by atoms with E-state index in [2.05, 4.69) is 59.9 Å². The summed E-state index contributed by atoms with van der Waals surface area (Å²) in [5, 5.41) is 10.1. The first-order valence-corrected chi connectivity index (χ1v) is 24.0. The van der Waals surface area contributed by atoms with Crippen molar-refractivity contribution in [1.82, 2.24) is 30.0 Å². The summed E-state index contributed by atoms with van der Waals surface area (Å²) < 4.78 is 10.0. The van der Waals surface area contributed by atoms with Gasteiger partial charge in [0, 0.05) is 83.3 Å². The van der Waals surface area contributed by atoms with E-state index in [-0.39, 0.29) is 36.4 Å². The van der Waals surface area contributed by atoms with E-state index in [1.807, 2.05) is 60.7 Å². The smallest absolute Gasteiger partial charge is 0.327 e. The van der Waals surface area contributed by atoms with E-state index in [9.17, 15) is 14.4 Å². The Morgan fingerprint density at radius 3 is 1.58 bits per heavy atom. The lowest BCUT2D eigenvalue weighted by atomic mass is 10.0. The fourth-order valence-corrected chi connectivity index (χ4v) is 9.04. The van der Waals surface area contributed by atoms with Crippen LogP contribution in [0.3, 0.4) is 0 Å². The topological polar surface area (TPSA) is 141 Å². The van der Waals surface area contributed by atoms with Crippen LogP contribution in [0.1, 0.15) is 97.1 Å². The van der Waals surface area contributed by atoms with Gasteiger partial charge in [0.25, 0.3) is 0 Å². The van der Waals surface area contributed by atoms with Crippen molar-refractivity contribution in [1.29, 1.82) is 0 Å². The third-order valence-electron chi connectivity index (χ3n) is 12.7. The van der Waals surface area contributed by atoms with Crippen molar-refractivity contribution in [3.05, 3.63) is 119 Å². The van der Waals surface area contributed by atoms with E-state index in [1.54, 1.807) is 0 Å². The lowest BCUT2D eigenvalue weighted by Crippen LogP contribution is -2.49. The number of pyridine rings is 2. The Bertz CT molecular complexity index is 2030. The van der Waals surface area contributed by atoms with Crippen molar-refractivity contribution in [2.24, 2.45) is 0 Å². The number of carbonyl (C=O) groups excluding carboxylic acids is 3. The van der Waals surface area contributed by atoms with Crippen LogP contribution in [0.5, 0.6) is 0 Å². The second-order valence-electron chi connectivity index (χ2n) is 17.2. The van der Waals surface area contributed by atoms with Gasteiger partial charge in [-0.3, -0.25) is 9.80 Å². The van der Waals surface area contributed by atoms with Crippen LogP contribution in [0.15, 0.2) is 84.9 Å². The highest BCUT2D eigenvalue weighted by Gasteiger charge is 2.31. The molecule has 0 spiro atoms. The normalized spacial score (nSPS) is 16.9. The number of fused-ring (bicyclic) bond motifs is 2. The molecule has 0 radical (unpaired) electrons. The molecule has 4 aliphatic heterocycles. The number of unbranched alkanes of at least 4 members (excludes halogenated alkanes) is 4. The molecule has 0 bridgehead atoms. The number of aldehydes is 1. The zero-order valence-corrected chi connectivity index (χ0v) is 40.1. The van der Waals surface area contributed by atoms with Gasteiger partial charge in [0.15, 0.2) is 0 Å². The first-order chi connectivity index (χ1) is 32.0. The molecule has 2 aromatic carbocycles. The third-order valence-corrected chi connectivity index (χ3v) is 12.7. The van der Waals surface area contributed by atoms with Crippen LogP contribution in [0.25, 0.3) is 0 Å². The SMILES string of the molecule is COC(=O)C(c1ccccc1)N1CCN(CCCCCc2ccc3c(n2)NCCC3)CC1.COC(=O)C(c1ccccc1)N1CCNCC1.Cl.O=CCCCCc1ccc2c(n1)NCCC2. The Morgan fingerprint density at radius 2 is 1.09 bits per heavy atom. The molecule has 8 rings (SSSR count). The fraction of sp³-hybridized carbons (Fsp3) is 0.519. The van der Waals surface area contributed by atoms with Crippen LogP contribution in [0, 0.1) is 0 Å². The van der Waals surface area contributed by atoms with E-state index in [4.69, 9.17) is 14.5 Å². The predicted molar refractivity (Wildman–Crippen MR) is 265 cm³/mol. The average Bonchev–Trinajstić information content (AvgIpc) is 3.37. The third kappa shape index (κ3) is 16.2. The zero-order valence-electron chi connectivity index (χ0n) is 39.3. The van der Waals surface area contributed by atoms with E-state index in [0.717, 1.165) is 145 Å². The molecule has 4 aromatic rings. The molecule has 6 heterocycles. The van der Waals surface area contributed by atoms with Crippen molar-refractivity contribution in [3.8, 4) is 0 Å². The number of piperazine rings is 2. The number of hydrogen-bond donors (Lipinski definition) is 3. The maximum atomic E-state index is 12.4. The Balaban J connectivity index is 0.000000203. The standard InChI is InChI=1S/C26H36N4O2.C13H18N2O2.C13H18N2O.ClH/c1-32-26(31)24(21-9-4-2-5-10-21)30-19-17-29(18-20-30)16-7-3-6-12-23-14-13-22-11-8-15-27-25(22)28-23;1-17-13(16)12(11-5-3-2-4-6-11)15-9-7-14-8-10-15;16-10-3-1-2-6-12-8-7-11-5-4-9-14-13(11)15-12;/h2,4-5,9-10,13-14,24H,3,6-8,11-12,15-20H2,1H3,(H,27,28);2-6,12,14H,7-10H2,1H3;7-8,10H,1-6,9H2,(H,14,15);1H. The molecular formula is C52H73ClN8O5. The van der Waals surface area contributed by atoms with E-state index >= 15 is 0 Å². The molecule has 14 heteroatoms. The van der Waals surface area contributed by atoms with E-state index in [0.29, 0.717) is 6.42 Å². The van der Waals surface area contributed by atoms with Crippen molar-refractivity contribution >= 4 is 42.3 Å². The monoisotopic (exact) mass is 925 g/mol. The molecule has 358 valence electrons. The van der Waals surface area contributed by atoms with E-state index in [1.165, 1.54) is 63.1 Å². The highest BCUT2D eigenvalue weighted by Crippen LogP contribution is 2.26. The number of rotatable bonds is 17. The van der Waals surface area contributed by atoms with Gasteiger partial charge in [0.05, 0.1) is 14.2 Å². The molecule has 3 N–H and O–H groups in total. The Morgan fingerprint density at radius 1 is 0.606 bits per heavy atom. The average molecular weight is 926 g/mol. The highest BCUT2D eigenvalue weighted by atomic mass is 35.5. The predicted octanol–water partition coefficient (Wildman–Crippen LogP) is 7.26. The maximum absolute atomic E-state index is 12.4. The van der Waals surface area contributed by atoms with Crippen LogP contribution in [-0.4, -0.2) is 129 Å². The first-order valence-electron chi connectivity index (χ1n) is 24.0. The summed E-state index contributed by atoms with van der Waals surface area (Å²) in [5.41, 5.74) is 7.06. The minimum atomic E-state index is -0.304. The number of methoxy groups -OCH3 is 2. The van der Waals surface area contributed by atoms with Gasteiger partial charge in [-0.25, -0.2) is 19.6 Å². The lowest BCUT2D eigenvalue weighted by molar-refractivity contribution is -0.148. The fourth-order valence-electron chi connectivity index (χ4n) is 9.04. The molecule has 2 fully saturated rings. The Labute approximate surface area is 399 Å². The van der Waals surface area contributed by atoms with Gasteiger partial charge in [-0.15, -0.1) is 12.4 Å². The molecule has 2 atom stereocenters. The van der Waals surface area contributed by atoms with Crippen LogP contribution >= 0.6 is 12.4 Å². The second-order valence-corrected chi connectivity index (χ2v) is 17.2. The molecule has 13 nitrogen and oxygen atoms in total. The van der Waals surface area contributed by atoms with Gasteiger partial charge < -0.3 is 35.1 Å². The van der Waals surface area contributed by atoms with Crippen LogP contribution in [0.2, 0.25) is 0 Å². The van der Waals surface area contributed by atoms with Crippen molar-refractivity contribution in [2.45, 2.75) is 89.1 Å². The lowest BCUT2D eigenvalue weighted by Gasteiger charge is -2.38. The highest BCUT2D eigenvalue weighted by molar-refractivity contribution is 5.85. The van der Waals surface area contributed by atoms with Gasteiger partial charge in [-0.05, 0) is 105 Å². The quantitative estimate of drug-likeness (QED) is 0.0557. The van der Waals surface area contributed by atoms with Crippen LogP contribution in [-0.2, 0) is 49.5 Å². The number of nitrogens with one attached hydrogen (secondary N) is 3. The number of anilines is 2. The van der Waals surface area contributed by atoms with Crippen molar-refractivity contribution in [2.75, 3.05) is 96.8 Å². The Hall–Kier alpha value is -4.92. The van der Waals surface area contributed by atoms with Gasteiger partial charge in [0.1, 0.15) is 30.0 Å². The molecule has 0 amide bonds. The summed E-state index contributed by atoms with van der Waals surface area (Å²) in [6.45, 7) is 10.6. The molecule has 2 unspecified atom stereocenters. The molecule has 4 aliphatic rings. The molecule has 66 heavy (non-hydrogen) atoms. The van der Waals surface area contributed by atoms with Gasteiger partial charge in [-0.2, -0.15) is 0 Å². The number of aromatic nitrogens is 2. The van der Waals surface area contributed by atoms with Crippen LogP contribution < -0.4 is 16.0 Å². The zero-order chi connectivity index (χ0) is 45.5. The van der Waals surface area contributed by atoms with Crippen molar-refractivity contribution < 1.29 is 23.9 Å². The minimum Gasteiger partial charge on any atom is -0.468 e. The number of aryl methyl sites for hydroxylation is 4. The summed E-state index contributed by atoms with van der Waals surface area (Å²) in [7, 11) is 2.92. The number of hydrogen-bond acceptors (Lipinski definition) is 13. The van der Waals surface area contributed by atoms with Gasteiger partial charge in [0.2, 0.25) is 0 Å². The van der Waals surface area contributed by atoms with Gasteiger partial charge >= 0.3 is 11.9 Å². The molecule has 0 saturated carbocycles. The summed E-state index contributed by atoms with van der Waals surface area (Å²) in [4.78, 5) is 50.9. The number of halogens is 1. The molecule has 2 saturated heterocycles. The molecular weight excluding hydrogens is 852 g/mol. The van der Waals surface area contributed by atoms with Crippen LogP contribution in [0.4, 0.5) is 11.6 Å². The maximum Gasteiger partial charge on any atom is 0.327 e. The summed E-state index contributed by atoms with van der Waals surface area (Å²) in [5.74, 6) is 1.82. The number of benzene rings is 2. The largest absolute Gasteiger partial charge is 0.468 e. The summed E-state index contributed by atoms with van der Waals surface area (Å²) in [6.07, 6.45) is 14.0. The molecule has 2 aromatic heterocycles.